The molecule has 28 heavy (non-hydrogen) atoms. The molecular formula is C12H8F14O2. The van der Waals surface area contributed by atoms with Crippen LogP contribution in [0.5, 0.6) is 0 Å². The predicted molar refractivity (Wildman–Crippen MR) is 61.2 cm³/mol. The lowest BCUT2D eigenvalue weighted by atomic mass is 9.94. The molecule has 0 aromatic heterocycles. The first-order valence-electron chi connectivity index (χ1n) is 6.46. The first-order valence-corrected chi connectivity index (χ1v) is 6.46. The van der Waals surface area contributed by atoms with Crippen molar-refractivity contribution in [2.45, 2.75) is 48.6 Å². The molecule has 0 aliphatic rings. The first-order chi connectivity index (χ1) is 12.0. The van der Waals surface area contributed by atoms with Crippen LogP contribution in [0, 0.1) is 0 Å². The zero-order valence-corrected chi connectivity index (χ0v) is 12.9. The standard InChI is InChI=1S/C12H8F14O2/c1-5(13)6(27)28-4-10(20,21)7(14,15)2-8(16,17)12(25,26)9(18,19)3-11(22,23)24/h1-4H2. The van der Waals surface area contributed by atoms with Crippen molar-refractivity contribution in [3.05, 3.63) is 12.4 Å². The molecule has 0 spiro atoms. The van der Waals surface area contributed by atoms with E-state index in [0.717, 1.165) is 0 Å². The third-order valence-corrected chi connectivity index (χ3v) is 2.93. The van der Waals surface area contributed by atoms with E-state index in [1.54, 1.807) is 0 Å². The van der Waals surface area contributed by atoms with Crippen molar-refractivity contribution < 1.29 is 71.0 Å². The predicted octanol–water partition coefficient (Wildman–Crippen LogP) is 5.53. The normalized spacial score (nSPS) is 14.8. The van der Waals surface area contributed by atoms with Crippen molar-refractivity contribution >= 4 is 5.97 Å². The molecule has 0 amide bonds. The molecule has 166 valence electrons. The van der Waals surface area contributed by atoms with Crippen LogP contribution in [0.3, 0.4) is 0 Å². The summed E-state index contributed by atoms with van der Waals surface area (Å²) in [6.45, 7) is -0.661. The topological polar surface area (TPSA) is 26.3 Å². The van der Waals surface area contributed by atoms with Gasteiger partial charge in [0.25, 0.3) is 0 Å². The Morgan fingerprint density at radius 2 is 1.07 bits per heavy atom. The van der Waals surface area contributed by atoms with Gasteiger partial charge in [-0.05, 0) is 0 Å². The fourth-order valence-electron chi connectivity index (χ4n) is 1.49. The number of hydrogen-bond donors (Lipinski definition) is 0. The SMILES string of the molecule is C=C(F)C(=O)OCC(F)(F)C(F)(F)CC(F)(F)C(F)(F)C(F)(F)CC(F)(F)F. The van der Waals surface area contributed by atoms with Gasteiger partial charge in [0.1, 0.15) is 6.42 Å². The highest BCUT2D eigenvalue weighted by atomic mass is 19.4. The fourth-order valence-corrected chi connectivity index (χ4v) is 1.49. The van der Waals surface area contributed by atoms with Crippen LogP contribution in [0.1, 0.15) is 12.8 Å². The fraction of sp³-hybridized carbons (Fsp3) is 0.750. The molecular weight excluding hydrogens is 442 g/mol. The van der Waals surface area contributed by atoms with E-state index >= 15 is 0 Å². The summed E-state index contributed by atoms with van der Waals surface area (Å²) in [6, 6.07) is 0. The van der Waals surface area contributed by atoms with Gasteiger partial charge in [0, 0.05) is 0 Å². The number of halogens is 14. The summed E-state index contributed by atoms with van der Waals surface area (Å²) in [5.41, 5.74) is 0. The van der Waals surface area contributed by atoms with Crippen molar-refractivity contribution in [3.8, 4) is 0 Å². The number of rotatable bonds is 9. The van der Waals surface area contributed by atoms with Crippen LogP contribution in [0.15, 0.2) is 12.4 Å². The molecule has 0 radical (unpaired) electrons. The van der Waals surface area contributed by atoms with E-state index in [4.69, 9.17) is 0 Å². The number of carbonyl (C=O) groups excluding carboxylic acids is 1. The Bertz CT molecular complexity index is 592. The van der Waals surface area contributed by atoms with Gasteiger partial charge in [-0.2, -0.15) is 61.5 Å². The molecule has 0 rings (SSSR count). The Hall–Kier alpha value is -1.77. The van der Waals surface area contributed by atoms with Gasteiger partial charge in [-0.3, -0.25) is 0 Å². The van der Waals surface area contributed by atoms with Crippen LogP contribution in [-0.4, -0.2) is 48.4 Å². The highest BCUT2D eigenvalue weighted by molar-refractivity contribution is 5.85. The van der Waals surface area contributed by atoms with Crippen LogP contribution >= 0.6 is 0 Å². The summed E-state index contributed by atoms with van der Waals surface area (Å²) >= 11 is 0. The molecule has 0 saturated heterocycles. The van der Waals surface area contributed by atoms with Gasteiger partial charge in [-0.1, -0.05) is 6.58 Å². The van der Waals surface area contributed by atoms with Crippen molar-refractivity contribution in [1.82, 2.24) is 0 Å². The smallest absolute Gasteiger partial charge is 0.395 e. The maximum atomic E-state index is 13.3. The molecule has 0 aromatic rings. The van der Waals surface area contributed by atoms with Gasteiger partial charge >= 0.3 is 41.8 Å². The molecule has 0 aromatic carbocycles. The summed E-state index contributed by atoms with van der Waals surface area (Å²) in [7, 11) is 0. The number of alkyl halides is 13. The second-order valence-electron chi connectivity index (χ2n) is 5.34. The third kappa shape index (κ3) is 5.86. The Morgan fingerprint density at radius 1 is 0.679 bits per heavy atom. The third-order valence-electron chi connectivity index (χ3n) is 2.93. The molecule has 0 N–H and O–H groups in total. The molecule has 0 unspecified atom stereocenters. The van der Waals surface area contributed by atoms with Crippen LogP contribution < -0.4 is 0 Å². The van der Waals surface area contributed by atoms with E-state index in [1.165, 1.54) is 0 Å². The average molecular weight is 450 g/mol. The van der Waals surface area contributed by atoms with Crippen LogP contribution in [0.4, 0.5) is 61.5 Å². The molecule has 0 atom stereocenters. The largest absolute Gasteiger partial charge is 0.454 e. The first kappa shape index (κ1) is 26.2. The van der Waals surface area contributed by atoms with Gasteiger partial charge in [-0.15, -0.1) is 0 Å². The van der Waals surface area contributed by atoms with Gasteiger partial charge < -0.3 is 4.74 Å². The van der Waals surface area contributed by atoms with E-state index in [9.17, 15) is 66.3 Å². The highest BCUT2D eigenvalue weighted by Gasteiger charge is 2.76. The van der Waals surface area contributed by atoms with Crippen molar-refractivity contribution in [2.75, 3.05) is 6.61 Å². The quantitative estimate of drug-likeness (QED) is 0.262. The lowest BCUT2D eigenvalue weighted by molar-refractivity contribution is -0.351. The summed E-state index contributed by atoms with van der Waals surface area (Å²) < 4.78 is 182. The van der Waals surface area contributed by atoms with E-state index < -0.39 is 67.0 Å². The zero-order valence-electron chi connectivity index (χ0n) is 12.9. The van der Waals surface area contributed by atoms with Gasteiger partial charge in [0.15, 0.2) is 6.61 Å². The minimum absolute atomic E-state index is 2.09. The summed E-state index contributed by atoms with van der Waals surface area (Å²) in [6.07, 6.45) is -14.1. The zero-order chi connectivity index (χ0) is 23.0. The summed E-state index contributed by atoms with van der Waals surface area (Å²) in [5.74, 6) is -37.2. The van der Waals surface area contributed by atoms with Gasteiger partial charge in [-0.25, -0.2) is 4.79 Å². The monoisotopic (exact) mass is 450 g/mol. The Kier molecular flexibility index (Phi) is 7.09. The number of ether oxygens (including phenoxy) is 1. The number of hydrogen-bond acceptors (Lipinski definition) is 2. The Labute approximate surface area is 146 Å². The highest BCUT2D eigenvalue weighted by Crippen LogP contribution is 2.54. The number of carbonyl (C=O) groups is 1. The summed E-state index contributed by atoms with van der Waals surface area (Å²) in [5, 5.41) is 0. The van der Waals surface area contributed by atoms with E-state index in [0.29, 0.717) is 0 Å². The van der Waals surface area contributed by atoms with Crippen LogP contribution in [0.2, 0.25) is 0 Å². The average Bonchev–Trinajstić information content (AvgIpc) is 2.40. The van der Waals surface area contributed by atoms with Crippen molar-refractivity contribution in [3.63, 3.8) is 0 Å². The van der Waals surface area contributed by atoms with Gasteiger partial charge in [0.05, 0.1) is 6.42 Å². The maximum Gasteiger partial charge on any atom is 0.395 e. The molecule has 16 heteroatoms. The molecule has 0 bridgehead atoms. The molecule has 0 saturated carbocycles. The van der Waals surface area contributed by atoms with Crippen molar-refractivity contribution in [2.24, 2.45) is 0 Å². The minimum Gasteiger partial charge on any atom is -0.454 e. The number of esters is 1. The molecule has 0 aliphatic heterocycles. The molecule has 0 heterocycles. The molecule has 0 aliphatic carbocycles. The maximum absolute atomic E-state index is 13.3. The lowest BCUT2D eigenvalue weighted by Gasteiger charge is -2.36. The second-order valence-corrected chi connectivity index (χ2v) is 5.34. The van der Waals surface area contributed by atoms with E-state index in [1.807, 2.05) is 0 Å². The van der Waals surface area contributed by atoms with Crippen LogP contribution in [0.25, 0.3) is 0 Å². The lowest BCUT2D eigenvalue weighted by Crippen LogP contribution is -2.59. The van der Waals surface area contributed by atoms with Crippen LogP contribution in [-0.2, 0) is 9.53 Å². The van der Waals surface area contributed by atoms with Gasteiger partial charge in [0.2, 0.25) is 5.83 Å². The van der Waals surface area contributed by atoms with E-state index in [2.05, 4.69) is 11.3 Å². The van der Waals surface area contributed by atoms with Crippen molar-refractivity contribution in [1.29, 1.82) is 0 Å². The molecule has 2 nitrogen and oxygen atoms in total. The molecule has 0 fully saturated rings. The minimum atomic E-state index is -7.13. The second kappa shape index (κ2) is 7.57. The van der Waals surface area contributed by atoms with E-state index in [-0.39, 0.29) is 0 Å². The Balaban J connectivity index is 5.62. The summed E-state index contributed by atoms with van der Waals surface area (Å²) in [4.78, 5) is 10.5. The Morgan fingerprint density at radius 3 is 1.43 bits per heavy atom.